The fraction of sp³-hybridized carbons (Fsp3) is 0.286. The van der Waals surface area contributed by atoms with Crippen molar-refractivity contribution in [3.8, 4) is 0 Å². The van der Waals surface area contributed by atoms with Gasteiger partial charge in [0.1, 0.15) is 0 Å². The Morgan fingerprint density at radius 3 is 2.33 bits per heavy atom. The Morgan fingerprint density at radius 1 is 1.11 bits per heavy atom. The predicted molar refractivity (Wildman–Crippen MR) is 81.2 cm³/mol. The highest BCUT2D eigenvalue weighted by atomic mass is 35.5. The van der Waals surface area contributed by atoms with Crippen LogP contribution in [0.1, 0.15) is 27.6 Å². The number of rotatable bonds is 3. The van der Waals surface area contributed by atoms with E-state index in [1.807, 2.05) is 26.1 Å². The van der Waals surface area contributed by atoms with Crippen molar-refractivity contribution in [3.63, 3.8) is 0 Å². The molecule has 0 aliphatic rings. The van der Waals surface area contributed by atoms with E-state index in [2.05, 4.69) is 24.4 Å². The van der Waals surface area contributed by atoms with Crippen molar-refractivity contribution in [2.24, 2.45) is 0 Å². The Balaban J connectivity index is 2.45. The molecule has 0 fully saturated rings. The molecule has 1 atom stereocenters. The van der Waals surface area contributed by atoms with E-state index in [4.69, 9.17) is 23.2 Å². The largest absolute Gasteiger partial charge is 0.309 e. The molecule has 1 aromatic heterocycles. The molecular formula is C14H15Cl2NS. The monoisotopic (exact) mass is 299 g/mol. The van der Waals surface area contributed by atoms with Crippen LogP contribution in [0.25, 0.3) is 0 Å². The quantitative estimate of drug-likeness (QED) is 0.843. The minimum atomic E-state index is 0.165. The molecule has 1 nitrogen and oxygen atoms in total. The first kappa shape index (κ1) is 13.9. The number of hydrogen-bond donors (Lipinski definition) is 1. The number of thiophene rings is 1. The fourth-order valence-electron chi connectivity index (χ4n) is 2.04. The summed E-state index contributed by atoms with van der Waals surface area (Å²) in [5.74, 6) is 0. The van der Waals surface area contributed by atoms with E-state index in [0.717, 1.165) is 14.9 Å². The third kappa shape index (κ3) is 2.72. The van der Waals surface area contributed by atoms with Gasteiger partial charge in [-0.3, -0.25) is 0 Å². The molecule has 0 aliphatic heterocycles. The summed E-state index contributed by atoms with van der Waals surface area (Å²) in [6.07, 6.45) is 0. The van der Waals surface area contributed by atoms with E-state index < -0.39 is 0 Å². The van der Waals surface area contributed by atoms with Crippen LogP contribution >= 0.6 is 34.5 Å². The second-order valence-corrected chi connectivity index (χ2v) is 6.45. The molecule has 0 spiro atoms. The van der Waals surface area contributed by atoms with Gasteiger partial charge >= 0.3 is 0 Å². The summed E-state index contributed by atoms with van der Waals surface area (Å²) in [5, 5.41) is 4.11. The van der Waals surface area contributed by atoms with E-state index in [9.17, 15) is 0 Å². The van der Waals surface area contributed by atoms with Crippen molar-refractivity contribution in [3.05, 3.63) is 55.2 Å². The molecule has 1 unspecified atom stereocenters. The summed E-state index contributed by atoms with van der Waals surface area (Å²) < 4.78 is 0.858. The van der Waals surface area contributed by atoms with Gasteiger partial charge in [-0.25, -0.2) is 0 Å². The lowest BCUT2D eigenvalue weighted by Crippen LogP contribution is -2.17. The molecule has 0 radical (unpaired) electrons. The lowest BCUT2D eigenvalue weighted by molar-refractivity contribution is 0.699. The van der Waals surface area contributed by atoms with Gasteiger partial charge in [0.25, 0.3) is 0 Å². The van der Waals surface area contributed by atoms with Crippen LogP contribution in [0.5, 0.6) is 0 Å². The third-order valence-electron chi connectivity index (χ3n) is 2.99. The third-order valence-corrected chi connectivity index (χ3v) is 4.85. The van der Waals surface area contributed by atoms with Gasteiger partial charge in [0.15, 0.2) is 0 Å². The zero-order valence-corrected chi connectivity index (χ0v) is 12.9. The van der Waals surface area contributed by atoms with Crippen LogP contribution < -0.4 is 5.32 Å². The van der Waals surface area contributed by atoms with Crippen molar-refractivity contribution < 1.29 is 0 Å². The summed E-state index contributed by atoms with van der Waals surface area (Å²) >= 11 is 13.8. The molecular weight excluding hydrogens is 285 g/mol. The zero-order valence-electron chi connectivity index (χ0n) is 10.6. The highest BCUT2D eigenvalue weighted by Crippen LogP contribution is 2.35. The van der Waals surface area contributed by atoms with Gasteiger partial charge in [-0.15, -0.1) is 11.3 Å². The maximum atomic E-state index is 6.15. The molecule has 1 aromatic carbocycles. The SMILES string of the molecule is CNC(c1cc(C)c(Cl)s1)c1ccc(Cl)cc1C. The fourth-order valence-corrected chi connectivity index (χ4v) is 3.61. The van der Waals surface area contributed by atoms with Gasteiger partial charge in [0.05, 0.1) is 10.4 Å². The lowest BCUT2D eigenvalue weighted by Gasteiger charge is -2.17. The highest BCUT2D eigenvalue weighted by molar-refractivity contribution is 7.16. The van der Waals surface area contributed by atoms with Crippen molar-refractivity contribution in [2.45, 2.75) is 19.9 Å². The molecule has 0 amide bonds. The molecule has 2 rings (SSSR count). The minimum absolute atomic E-state index is 0.165. The zero-order chi connectivity index (χ0) is 13.3. The van der Waals surface area contributed by atoms with Gasteiger partial charge in [0.2, 0.25) is 0 Å². The molecule has 18 heavy (non-hydrogen) atoms. The molecule has 96 valence electrons. The molecule has 1 N–H and O–H groups in total. The number of hydrogen-bond acceptors (Lipinski definition) is 2. The summed E-state index contributed by atoms with van der Waals surface area (Å²) in [4.78, 5) is 1.23. The second-order valence-electron chi connectivity index (χ2n) is 4.33. The average Bonchev–Trinajstić information content (AvgIpc) is 2.63. The summed E-state index contributed by atoms with van der Waals surface area (Å²) in [5.41, 5.74) is 3.55. The van der Waals surface area contributed by atoms with Crippen LogP contribution in [0.3, 0.4) is 0 Å². The van der Waals surface area contributed by atoms with Crippen molar-refractivity contribution in [1.29, 1.82) is 0 Å². The predicted octanol–water partition coefficient (Wildman–Crippen LogP) is 4.98. The molecule has 0 aliphatic carbocycles. The summed E-state index contributed by atoms with van der Waals surface area (Å²) in [6.45, 7) is 4.11. The smallest absolute Gasteiger partial charge is 0.0961 e. The Bertz CT molecular complexity index is 543. The first-order chi connectivity index (χ1) is 8.52. The number of halogens is 2. The Labute approximate surface area is 122 Å². The number of aryl methyl sites for hydroxylation is 2. The van der Waals surface area contributed by atoms with Gasteiger partial charge in [-0.2, -0.15) is 0 Å². The van der Waals surface area contributed by atoms with E-state index in [-0.39, 0.29) is 6.04 Å². The molecule has 0 saturated carbocycles. The number of benzene rings is 1. The van der Waals surface area contributed by atoms with E-state index in [1.165, 1.54) is 16.0 Å². The van der Waals surface area contributed by atoms with Gasteiger partial charge < -0.3 is 5.32 Å². The first-order valence-corrected chi connectivity index (χ1v) is 7.29. The normalized spacial score (nSPS) is 12.7. The van der Waals surface area contributed by atoms with Crippen LogP contribution in [-0.2, 0) is 0 Å². The van der Waals surface area contributed by atoms with Gasteiger partial charge in [-0.05, 0) is 55.8 Å². The van der Waals surface area contributed by atoms with Crippen LogP contribution in [0.15, 0.2) is 24.3 Å². The van der Waals surface area contributed by atoms with Crippen LogP contribution in [0, 0.1) is 13.8 Å². The molecule has 1 heterocycles. The minimum Gasteiger partial charge on any atom is -0.309 e. The maximum Gasteiger partial charge on any atom is 0.0961 e. The topological polar surface area (TPSA) is 12.0 Å². The van der Waals surface area contributed by atoms with Gasteiger partial charge in [-0.1, -0.05) is 29.3 Å². The molecule has 0 saturated heterocycles. The van der Waals surface area contributed by atoms with E-state index in [0.29, 0.717) is 0 Å². The van der Waals surface area contributed by atoms with Crippen LogP contribution in [-0.4, -0.2) is 7.05 Å². The Morgan fingerprint density at radius 2 is 1.83 bits per heavy atom. The summed E-state index contributed by atoms with van der Waals surface area (Å²) in [6, 6.07) is 8.29. The molecule has 2 aromatic rings. The second kappa shape index (κ2) is 5.62. The van der Waals surface area contributed by atoms with Gasteiger partial charge in [0, 0.05) is 9.90 Å². The highest BCUT2D eigenvalue weighted by Gasteiger charge is 2.17. The van der Waals surface area contributed by atoms with Crippen LogP contribution in [0.2, 0.25) is 9.36 Å². The maximum absolute atomic E-state index is 6.15. The molecule has 4 heteroatoms. The first-order valence-electron chi connectivity index (χ1n) is 5.72. The van der Waals surface area contributed by atoms with Crippen molar-refractivity contribution >= 4 is 34.5 Å². The lowest BCUT2D eigenvalue weighted by atomic mass is 10.00. The Kier molecular flexibility index (Phi) is 4.33. The number of nitrogens with one attached hydrogen (secondary N) is 1. The summed E-state index contributed by atoms with van der Waals surface area (Å²) in [7, 11) is 1.96. The molecule has 0 bridgehead atoms. The Hall–Kier alpha value is -0.540. The van der Waals surface area contributed by atoms with Crippen molar-refractivity contribution in [2.75, 3.05) is 7.05 Å². The van der Waals surface area contributed by atoms with E-state index >= 15 is 0 Å². The van der Waals surface area contributed by atoms with Crippen molar-refractivity contribution in [1.82, 2.24) is 5.32 Å². The van der Waals surface area contributed by atoms with Crippen LogP contribution in [0.4, 0.5) is 0 Å². The standard InChI is InChI=1S/C14H15Cl2NS/c1-8-6-10(15)4-5-11(8)13(17-3)12-7-9(2)14(16)18-12/h4-7,13,17H,1-3H3. The van der Waals surface area contributed by atoms with E-state index in [1.54, 1.807) is 11.3 Å². The average molecular weight is 300 g/mol.